The first kappa shape index (κ1) is 17.9. The number of nitrogens with one attached hydrogen (secondary N) is 1. The van der Waals surface area contributed by atoms with Crippen LogP contribution in [-0.4, -0.2) is 19.7 Å². The van der Waals surface area contributed by atoms with Gasteiger partial charge in [0.1, 0.15) is 12.4 Å². The Hall–Kier alpha value is -3.51. The van der Waals surface area contributed by atoms with E-state index in [2.05, 4.69) is 32.5 Å². The van der Waals surface area contributed by atoms with Gasteiger partial charge >= 0.3 is 0 Å². The smallest absolute Gasteiger partial charge is 0.157 e. The van der Waals surface area contributed by atoms with Crippen molar-refractivity contribution >= 4 is 0 Å². The Balaban J connectivity index is 1.40. The largest absolute Gasteiger partial charge is 0.487 e. The minimum Gasteiger partial charge on any atom is -0.487 e. The van der Waals surface area contributed by atoms with Crippen molar-refractivity contribution in [1.82, 2.24) is 25.1 Å². The molecule has 6 heteroatoms. The van der Waals surface area contributed by atoms with Crippen LogP contribution in [0.2, 0.25) is 0 Å². The summed E-state index contributed by atoms with van der Waals surface area (Å²) in [6.07, 6.45) is 7.20. The predicted molar refractivity (Wildman–Crippen MR) is 107 cm³/mol. The van der Waals surface area contributed by atoms with Gasteiger partial charge in [-0.3, -0.25) is 4.98 Å². The molecule has 0 aliphatic heterocycles. The fraction of sp³-hybridized carbons (Fsp3) is 0.136. The summed E-state index contributed by atoms with van der Waals surface area (Å²) in [6.45, 7) is 1.81. The third-order valence-electron chi connectivity index (χ3n) is 4.29. The Morgan fingerprint density at radius 1 is 0.786 bits per heavy atom. The molecule has 0 atom stereocenters. The molecule has 0 bridgehead atoms. The van der Waals surface area contributed by atoms with Gasteiger partial charge in [-0.25, -0.2) is 9.67 Å². The first-order valence-corrected chi connectivity index (χ1v) is 9.15. The number of para-hydroxylation sites is 1. The van der Waals surface area contributed by atoms with Gasteiger partial charge in [-0.15, -0.1) is 0 Å². The number of hydrogen-bond donors (Lipinski definition) is 1. The van der Waals surface area contributed by atoms with Crippen molar-refractivity contribution in [2.75, 3.05) is 0 Å². The number of benzene rings is 1. The zero-order chi connectivity index (χ0) is 19.0. The molecule has 3 aromatic heterocycles. The van der Waals surface area contributed by atoms with E-state index in [4.69, 9.17) is 4.74 Å². The lowest BCUT2D eigenvalue weighted by molar-refractivity contribution is 0.297. The van der Waals surface area contributed by atoms with Crippen LogP contribution >= 0.6 is 0 Å². The molecule has 0 saturated carbocycles. The molecule has 140 valence electrons. The molecule has 0 aliphatic carbocycles. The molecule has 0 saturated heterocycles. The highest BCUT2D eigenvalue weighted by Gasteiger charge is 2.07. The molecule has 1 aromatic carbocycles. The van der Waals surface area contributed by atoms with Gasteiger partial charge in [0.25, 0.3) is 0 Å². The van der Waals surface area contributed by atoms with Crippen LogP contribution in [0.1, 0.15) is 16.8 Å². The van der Waals surface area contributed by atoms with Crippen LogP contribution in [0, 0.1) is 0 Å². The second kappa shape index (κ2) is 8.92. The Bertz CT molecular complexity index is 1000. The van der Waals surface area contributed by atoms with Gasteiger partial charge in [-0.1, -0.05) is 30.3 Å². The second-order valence-electron chi connectivity index (χ2n) is 6.26. The van der Waals surface area contributed by atoms with Crippen LogP contribution in [0.25, 0.3) is 5.82 Å². The number of rotatable bonds is 8. The topological polar surface area (TPSA) is 64.9 Å². The van der Waals surface area contributed by atoms with Crippen molar-refractivity contribution < 1.29 is 4.74 Å². The molecule has 0 amide bonds. The van der Waals surface area contributed by atoms with Crippen molar-refractivity contribution in [1.29, 1.82) is 0 Å². The van der Waals surface area contributed by atoms with Crippen molar-refractivity contribution in [2.24, 2.45) is 0 Å². The van der Waals surface area contributed by atoms with E-state index < -0.39 is 0 Å². The maximum absolute atomic E-state index is 5.98. The second-order valence-corrected chi connectivity index (χ2v) is 6.26. The van der Waals surface area contributed by atoms with Crippen LogP contribution in [0.3, 0.4) is 0 Å². The Morgan fingerprint density at radius 2 is 1.61 bits per heavy atom. The molecular formula is C22H21N5O. The van der Waals surface area contributed by atoms with Crippen LogP contribution in [0.5, 0.6) is 5.75 Å². The van der Waals surface area contributed by atoms with Crippen molar-refractivity contribution in [3.05, 3.63) is 102 Å². The van der Waals surface area contributed by atoms with Gasteiger partial charge < -0.3 is 10.1 Å². The highest BCUT2D eigenvalue weighted by molar-refractivity contribution is 5.35. The minimum absolute atomic E-state index is 0.448. The van der Waals surface area contributed by atoms with E-state index in [-0.39, 0.29) is 0 Å². The van der Waals surface area contributed by atoms with Crippen molar-refractivity contribution in [3.8, 4) is 11.6 Å². The molecule has 0 spiro atoms. The monoisotopic (exact) mass is 371 g/mol. The minimum atomic E-state index is 0.448. The molecule has 0 unspecified atom stereocenters. The summed E-state index contributed by atoms with van der Waals surface area (Å²) in [6, 6.07) is 19.8. The molecule has 4 rings (SSSR count). The van der Waals surface area contributed by atoms with E-state index in [1.165, 1.54) is 0 Å². The predicted octanol–water partition coefficient (Wildman–Crippen LogP) is 3.53. The standard InChI is InChI=1S/C22H21N5O/c1-2-10-21(28-17-20-9-3-4-11-24-20)18(7-1)15-23-16-19-8-5-12-25-22(19)27-14-6-13-26-27/h1-14,23H,15-17H2. The third kappa shape index (κ3) is 4.42. The van der Waals surface area contributed by atoms with Crippen LogP contribution in [-0.2, 0) is 19.7 Å². The van der Waals surface area contributed by atoms with Gasteiger partial charge in [0.15, 0.2) is 5.82 Å². The lowest BCUT2D eigenvalue weighted by Gasteiger charge is -2.13. The molecule has 1 N–H and O–H groups in total. The molecule has 4 aromatic rings. The summed E-state index contributed by atoms with van der Waals surface area (Å²) < 4.78 is 7.76. The highest BCUT2D eigenvalue weighted by Crippen LogP contribution is 2.19. The summed E-state index contributed by atoms with van der Waals surface area (Å²) in [5.41, 5.74) is 3.09. The highest BCUT2D eigenvalue weighted by atomic mass is 16.5. The van der Waals surface area contributed by atoms with E-state index in [1.807, 2.05) is 54.7 Å². The molecule has 0 radical (unpaired) electrons. The first-order chi connectivity index (χ1) is 13.9. The summed E-state index contributed by atoms with van der Waals surface area (Å²) >= 11 is 0. The molecular weight excluding hydrogens is 350 g/mol. The third-order valence-corrected chi connectivity index (χ3v) is 4.29. The zero-order valence-electron chi connectivity index (χ0n) is 15.4. The van der Waals surface area contributed by atoms with Crippen LogP contribution in [0.15, 0.2) is 85.5 Å². The number of pyridine rings is 2. The lowest BCUT2D eigenvalue weighted by atomic mass is 10.2. The fourth-order valence-electron chi connectivity index (χ4n) is 2.93. The van der Waals surface area contributed by atoms with Gasteiger partial charge in [0.05, 0.1) is 5.69 Å². The molecule has 28 heavy (non-hydrogen) atoms. The molecule has 3 heterocycles. The average Bonchev–Trinajstić information content (AvgIpc) is 3.29. The van der Waals surface area contributed by atoms with E-state index >= 15 is 0 Å². The van der Waals surface area contributed by atoms with Gasteiger partial charge in [-0.2, -0.15) is 5.10 Å². The lowest BCUT2D eigenvalue weighted by Crippen LogP contribution is -2.16. The maximum Gasteiger partial charge on any atom is 0.157 e. The van der Waals surface area contributed by atoms with Gasteiger partial charge in [0, 0.05) is 49.0 Å². The normalized spacial score (nSPS) is 10.7. The maximum atomic E-state index is 5.98. The summed E-state index contributed by atoms with van der Waals surface area (Å²) in [4.78, 5) is 8.76. The quantitative estimate of drug-likeness (QED) is 0.513. The number of aromatic nitrogens is 4. The van der Waals surface area contributed by atoms with Gasteiger partial charge in [0.2, 0.25) is 0 Å². The van der Waals surface area contributed by atoms with Gasteiger partial charge in [-0.05, 0) is 30.3 Å². The Morgan fingerprint density at radius 3 is 2.46 bits per heavy atom. The number of ether oxygens (including phenoxy) is 1. The van der Waals surface area contributed by atoms with Crippen LogP contribution in [0.4, 0.5) is 0 Å². The SMILES string of the molecule is c1ccc(COc2ccccc2CNCc2cccnc2-n2cccn2)nc1. The average molecular weight is 371 g/mol. The van der Waals surface area contributed by atoms with Crippen molar-refractivity contribution in [3.63, 3.8) is 0 Å². The van der Waals surface area contributed by atoms with Crippen molar-refractivity contribution in [2.45, 2.75) is 19.7 Å². The first-order valence-electron chi connectivity index (χ1n) is 9.15. The fourth-order valence-corrected chi connectivity index (χ4v) is 2.93. The van der Waals surface area contributed by atoms with Crippen LogP contribution < -0.4 is 10.1 Å². The van der Waals surface area contributed by atoms with E-state index in [0.29, 0.717) is 19.7 Å². The van der Waals surface area contributed by atoms with E-state index in [0.717, 1.165) is 28.4 Å². The number of hydrogen-bond acceptors (Lipinski definition) is 5. The number of nitrogens with zero attached hydrogens (tertiary/aromatic N) is 4. The van der Waals surface area contributed by atoms with E-state index in [9.17, 15) is 0 Å². The summed E-state index contributed by atoms with van der Waals surface area (Å²) in [5, 5.41) is 7.76. The molecule has 0 aliphatic rings. The zero-order valence-corrected chi connectivity index (χ0v) is 15.4. The van der Waals surface area contributed by atoms with E-state index in [1.54, 1.807) is 23.3 Å². The summed E-state index contributed by atoms with van der Waals surface area (Å²) in [5.74, 6) is 1.69. The molecule has 6 nitrogen and oxygen atoms in total. The molecule has 0 fully saturated rings. The Kier molecular flexibility index (Phi) is 5.70. The Labute approximate surface area is 163 Å². The summed E-state index contributed by atoms with van der Waals surface area (Å²) in [7, 11) is 0.